The van der Waals surface area contributed by atoms with Crippen LogP contribution in [0.1, 0.15) is 35.6 Å². The molecule has 0 amide bonds. The average molecular weight is 550 g/mol. The van der Waals surface area contributed by atoms with Crippen LogP contribution >= 0.6 is 34.8 Å². The van der Waals surface area contributed by atoms with E-state index in [4.69, 9.17) is 63.2 Å². The summed E-state index contributed by atoms with van der Waals surface area (Å²) in [6, 6.07) is 22.3. The van der Waals surface area contributed by atoms with E-state index in [9.17, 15) is 0 Å². The molecule has 9 heteroatoms. The monoisotopic (exact) mass is 548 g/mol. The van der Waals surface area contributed by atoms with Crippen molar-refractivity contribution in [3.05, 3.63) is 105 Å². The van der Waals surface area contributed by atoms with Gasteiger partial charge in [0.1, 0.15) is 24.4 Å². The molecule has 0 N–H and O–H groups in total. The Labute approximate surface area is 223 Å². The van der Waals surface area contributed by atoms with E-state index in [-0.39, 0.29) is 13.2 Å². The van der Waals surface area contributed by atoms with Gasteiger partial charge in [0, 0.05) is 31.8 Å². The third-order valence-electron chi connectivity index (χ3n) is 6.52. The van der Waals surface area contributed by atoms with Crippen LogP contribution in [0.2, 0.25) is 15.1 Å². The van der Waals surface area contributed by atoms with Crippen LogP contribution in [0.25, 0.3) is 0 Å². The highest BCUT2D eigenvalue weighted by Gasteiger charge is 2.51. The van der Waals surface area contributed by atoms with Gasteiger partial charge in [0.2, 0.25) is 0 Å². The molecule has 4 bridgehead atoms. The topological polar surface area (TPSA) is 55.4 Å². The van der Waals surface area contributed by atoms with Crippen molar-refractivity contribution in [2.75, 3.05) is 13.2 Å². The van der Waals surface area contributed by atoms with E-state index < -0.39 is 43.3 Å². The molecular weight excluding hydrogens is 527 g/mol. The minimum Gasteiger partial charge on any atom is -0.346 e. The fourth-order valence-corrected chi connectivity index (χ4v) is 5.40. The molecule has 3 heterocycles. The lowest BCUT2D eigenvalue weighted by molar-refractivity contribution is -0.354. The molecule has 3 aromatic rings. The minimum atomic E-state index is -0.737. The summed E-state index contributed by atoms with van der Waals surface area (Å²) in [5, 5.41) is 1.63. The van der Waals surface area contributed by atoms with Gasteiger partial charge in [-0.25, -0.2) is 0 Å². The van der Waals surface area contributed by atoms with Crippen LogP contribution in [0.5, 0.6) is 0 Å². The number of ether oxygens (including phenoxy) is 6. The van der Waals surface area contributed by atoms with Crippen LogP contribution in [0, 0.1) is 0 Å². The van der Waals surface area contributed by atoms with Gasteiger partial charge in [-0.3, -0.25) is 0 Å². The van der Waals surface area contributed by atoms with Crippen molar-refractivity contribution in [2.24, 2.45) is 0 Å². The van der Waals surface area contributed by atoms with Gasteiger partial charge in [-0.1, -0.05) is 89.4 Å². The molecule has 0 aliphatic carbocycles. The van der Waals surface area contributed by atoms with Crippen LogP contribution in [0.4, 0.5) is 0 Å². The SMILES string of the molecule is Clc1ccccc1C1OC[C@H]2OC(c3ccccc3Cl)OC[C@@H]3OC(c4ccccc4Cl)O[C@H]2[C@@H]3O1. The molecule has 0 spiro atoms. The molecule has 3 saturated heterocycles. The summed E-state index contributed by atoms with van der Waals surface area (Å²) in [5.41, 5.74) is 2.15. The normalized spacial score (nSPS) is 32.2. The number of rotatable bonds is 3. The summed E-state index contributed by atoms with van der Waals surface area (Å²) in [4.78, 5) is 0. The maximum absolute atomic E-state index is 6.48. The molecule has 7 atom stereocenters. The molecule has 3 fully saturated rings. The molecule has 6 nitrogen and oxygen atoms in total. The molecule has 3 aliphatic heterocycles. The Hall–Kier alpha value is -1.71. The van der Waals surface area contributed by atoms with Crippen molar-refractivity contribution in [3.8, 4) is 0 Å². The Balaban J connectivity index is 1.36. The summed E-state index contributed by atoms with van der Waals surface area (Å²) >= 11 is 19.4. The van der Waals surface area contributed by atoms with Crippen molar-refractivity contribution < 1.29 is 28.4 Å². The zero-order valence-electron chi connectivity index (χ0n) is 19.0. The zero-order chi connectivity index (χ0) is 24.6. The van der Waals surface area contributed by atoms with Crippen molar-refractivity contribution in [1.29, 1.82) is 0 Å². The van der Waals surface area contributed by atoms with Crippen molar-refractivity contribution in [3.63, 3.8) is 0 Å². The third kappa shape index (κ3) is 4.78. The molecule has 6 rings (SSSR count). The van der Waals surface area contributed by atoms with Gasteiger partial charge in [0.25, 0.3) is 0 Å². The van der Waals surface area contributed by atoms with Crippen LogP contribution in [-0.2, 0) is 28.4 Å². The molecule has 36 heavy (non-hydrogen) atoms. The van der Waals surface area contributed by atoms with Crippen LogP contribution in [0.3, 0.4) is 0 Å². The number of halogens is 3. The highest BCUT2D eigenvalue weighted by Crippen LogP contribution is 2.44. The Morgan fingerprint density at radius 1 is 0.472 bits per heavy atom. The molecule has 3 unspecified atom stereocenters. The standard InChI is InChI=1S/C27H23Cl3O6/c28-18-10-4-1-7-15(18)25-31-14-22-23-24(36-27(34-22)17-9-3-6-12-20(17)30)21(33-25)13-32-26(35-23)16-8-2-5-11-19(16)29/h1-12,21-27H,13-14H2/t21-,22+,23-,24-,25?,26?,27?/m1/s1. The summed E-state index contributed by atoms with van der Waals surface area (Å²) in [7, 11) is 0. The van der Waals surface area contributed by atoms with Gasteiger partial charge < -0.3 is 28.4 Å². The lowest BCUT2D eigenvalue weighted by Gasteiger charge is -2.45. The van der Waals surface area contributed by atoms with Gasteiger partial charge >= 0.3 is 0 Å². The van der Waals surface area contributed by atoms with E-state index in [1.54, 1.807) is 18.2 Å². The first-order valence-electron chi connectivity index (χ1n) is 11.7. The van der Waals surface area contributed by atoms with Gasteiger partial charge in [-0.15, -0.1) is 0 Å². The van der Waals surface area contributed by atoms with Crippen LogP contribution < -0.4 is 0 Å². The second-order valence-electron chi connectivity index (χ2n) is 8.78. The summed E-state index contributed by atoms with van der Waals surface area (Å²) < 4.78 is 38.2. The molecular formula is C27H23Cl3O6. The first-order valence-corrected chi connectivity index (χ1v) is 12.8. The van der Waals surface area contributed by atoms with Crippen molar-refractivity contribution in [2.45, 2.75) is 43.3 Å². The van der Waals surface area contributed by atoms with E-state index >= 15 is 0 Å². The second-order valence-corrected chi connectivity index (χ2v) is 10.00. The first kappa shape index (κ1) is 24.6. The average Bonchev–Trinajstić information content (AvgIpc) is 3.08. The first-order chi connectivity index (χ1) is 17.6. The molecule has 0 radical (unpaired) electrons. The molecule has 0 aromatic heterocycles. The van der Waals surface area contributed by atoms with E-state index in [0.717, 1.165) is 5.56 Å². The van der Waals surface area contributed by atoms with Gasteiger partial charge in [0.15, 0.2) is 18.9 Å². The second kappa shape index (κ2) is 10.6. The lowest BCUT2D eigenvalue weighted by atomic mass is 10.00. The highest BCUT2D eigenvalue weighted by atomic mass is 35.5. The van der Waals surface area contributed by atoms with Crippen molar-refractivity contribution in [1.82, 2.24) is 0 Å². The molecule has 188 valence electrons. The van der Waals surface area contributed by atoms with E-state index in [1.165, 1.54) is 0 Å². The van der Waals surface area contributed by atoms with Gasteiger partial charge in [-0.05, 0) is 18.2 Å². The number of hydrogen-bond acceptors (Lipinski definition) is 6. The quantitative estimate of drug-likeness (QED) is 0.364. The Kier molecular flexibility index (Phi) is 7.23. The number of benzene rings is 3. The highest BCUT2D eigenvalue weighted by molar-refractivity contribution is 6.32. The van der Waals surface area contributed by atoms with Crippen molar-refractivity contribution >= 4 is 34.8 Å². The predicted molar refractivity (Wildman–Crippen MR) is 134 cm³/mol. The number of hydrogen-bond donors (Lipinski definition) is 0. The Bertz CT molecular complexity index is 1120. The Morgan fingerprint density at radius 3 is 1.31 bits per heavy atom. The minimum absolute atomic E-state index is 0.170. The van der Waals surface area contributed by atoms with E-state index in [0.29, 0.717) is 26.2 Å². The summed E-state index contributed by atoms with van der Waals surface area (Å²) in [6.07, 6.45) is -4.34. The predicted octanol–water partition coefficient (Wildman–Crippen LogP) is 6.66. The van der Waals surface area contributed by atoms with E-state index in [2.05, 4.69) is 0 Å². The third-order valence-corrected chi connectivity index (χ3v) is 7.55. The fourth-order valence-electron chi connectivity index (χ4n) is 4.73. The van der Waals surface area contributed by atoms with Crippen LogP contribution in [-0.4, -0.2) is 37.6 Å². The summed E-state index contributed by atoms with van der Waals surface area (Å²) in [6.45, 7) is 0.340. The molecule has 0 saturated carbocycles. The lowest BCUT2D eigenvalue weighted by Crippen LogP contribution is -2.57. The Morgan fingerprint density at radius 2 is 0.833 bits per heavy atom. The largest absolute Gasteiger partial charge is 0.346 e. The maximum Gasteiger partial charge on any atom is 0.186 e. The molecule has 3 aliphatic rings. The van der Waals surface area contributed by atoms with Crippen LogP contribution in [0.15, 0.2) is 72.8 Å². The smallest absolute Gasteiger partial charge is 0.186 e. The zero-order valence-corrected chi connectivity index (χ0v) is 21.2. The van der Waals surface area contributed by atoms with E-state index in [1.807, 2.05) is 54.6 Å². The maximum atomic E-state index is 6.48. The fraction of sp³-hybridized carbons (Fsp3) is 0.333. The van der Waals surface area contributed by atoms with Gasteiger partial charge in [-0.2, -0.15) is 0 Å². The van der Waals surface area contributed by atoms with Gasteiger partial charge in [0.05, 0.1) is 13.2 Å². The summed E-state index contributed by atoms with van der Waals surface area (Å²) in [5.74, 6) is 0. The molecule has 3 aromatic carbocycles.